The Kier molecular flexibility index (Phi) is 4.08. The zero-order chi connectivity index (χ0) is 18.6. The normalized spacial score (nSPS) is 34.8. The summed E-state index contributed by atoms with van der Waals surface area (Å²) in [4.78, 5) is 12.8. The van der Waals surface area contributed by atoms with Crippen LogP contribution in [0.25, 0.3) is 0 Å². The van der Waals surface area contributed by atoms with Crippen LogP contribution in [-0.2, 0) is 30.2 Å². The van der Waals surface area contributed by atoms with Crippen molar-refractivity contribution in [1.29, 1.82) is 0 Å². The van der Waals surface area contributed by atoms with E-state index in [-0.39, 0.29) is 17.3 Å². The Morgan fingerprint density at radius 3 is 2.50 bits per heavy atom. The lowest BCUT2D eigenvalue weighted by Crippen LogP contribution is -2.56. The zero-order valence-electron chi connectivity index (χ0n) is 16.1. The first-order chi connectivity index (χ1) is 12.4. The minimum atomic E-state index is -0.765. The molecule has 1 saturated carbocycles. The highest BCUT2D eigenvalue weighted by atomic mass is 16.7. The highest BCUT2D eigenvalue weighted by Gasteiger charge is 2.62. The molecule has 4 rings (SSSR count). The van der Waals surface area contributed by atoms with Crippen molar-refractivity contribution >= 4 is 5.97 Å². The second-order valence-corrected chi connectivity index (χ2v) is 8.30. The van der Waals surface area contributed by atoms with E-state index in [9.17, 15) is 4.79 Å². The molecule has 1 aromatic rings. The van der Waals surface area contributed by atoms with Crippen molar-refractivity contribution in [3.8, 4) is 5.75 Å². The molecule has 3 unspecified atom stereocenters. The standard InChI is InChI=1S/C21H28O5/c1-19-8-5-9-20(2,18(22)24-4)17(19)13-21(25-10-11-26-21)15-7-6-14(23-3)12-16(15)19/h6-7,12,17H,5,8-11,13H2,1-4H3. The largest absolute Gasteiger partial charge is 0.497 e. The van der Waals surface area contributed by atoms with Crippen molar-refractivity contribution in [3.05, 3.63) is 29.3 Å². The van der Waals surface area contributed by atoms with Crippen LogP contribution in [-0.4, -0.2) is 33.4 Å². The molecule has 0 amide bonds. The van der Waals surface area contributed by atoms with Gasteiger partial charge in [-0.25, -0.2) is 0 Å². The molecule has 3 atom stereocenters. The minimum Gasteiger partial charge on any atom is -0.497 e. The monoisotopic (exact) mass is 360 g/mol. The molecule has 2 aliphatic carbocycles. The first kappa shape index (κ1) is 17.8. The van der Waals surface area contributed by atoms with Gasteiger partial charge in [0.05, 0.1) is 32.8 Å². The molecular formula is C21H28O5. The average Bonchev–Trinajstić information content (AvgIpc) is 3.12. The van der Waals surface area contributed by atoms with Crippen molar-refractivity contribution in [2.75, 3.05) is 27.4 Å². The van der Waals surface area contributed by atoms with Crippen LogP contribution in [0.3, 0.4) is 0 Å². The first-order valence-electron chi connectivity index (χ1n) is 9.45. The Labute approximate surface area is 155 Å². The van der Waals surface area contributed by atoms with Gasteiger partial charge in [0.2, 0.25) is 0 Å². The van der Waals surface area contributed by atoms with Gasteiger partial charge < -0.3 is 18.9 Å². The third kappa shape index (κ3) is 2.26. The number of carbonyl (C=O) groups excluding carboxylic acids is 1. The van der Waals surface area contributed by atoms with E-state index in [1.165, 1.54) is 12.7 Å². The van der Waals surface area contributed by atoms with Gasteiger partial charge in [0, 0.05) is 12.0 Å². The SMILES string of the molecule is COC(=O)C1(C)CCCC2(C)c3cc(OC)ccc3C3(CC12)OCCO3. The fourth-order valence-corrected chi connectivity index (χ4v) is 5.69. The fourth-order valence-electron chi connectivity index (χ4n) is 5.69. The summed E-state index contributed by atoms with van der Waals surface area (Å²) in [5, 5.41) is 0. The topological polar surface area (TPSA) is 54.0 Å². The van der Waals surface area contributed by atoms with Gasteiger partial charge in [-0.3, -0.25) is 4.79 Å². The van der Waals surface area contributed by atoms with Crippen molar-refractivity contribution in [1.82, 2.24) is 0 Å². The number of rotatable bonds is 2. The van der Waals surface area contributed by atoms with Crippen LogP contribution >= 0.6 is 0 Å². The summed E-state index contributed by atoms with van der Waals surface area (Å²) in [5.74, 6) is 0.00392. The van der Waals surface area contributed by atoms with Crippen LogP contribution in [0.5, 0.6) is 5.75 Å². The smallest absolute Gasteiger partial charge is 0.311 e. The molecule has 1 aromatic carbocycles. The summed E-state index contributed by atoms with van der Waals surface area (Å²) < 4.78 is 23.1. The first-order valence-corrected chi connectivity index (χ1v) is 9.45. The van der Waals surface area contributed by atoms with E-state index in [4.69, 9.17) is 18.9 Å². The molecular weight excluding hydrogens is 332 g/mol. The predicted molar refractivity (Wildman–Crippen MR) is 96.0 cm³/mol. The van der Waals surface area contributed by atoms with Crippen LogP contribution in [0.1, 0.15) is 50.7 Å². The molecule has 0 aromatic heterocycles. The molecule has 26 heavy (non-hydrogen) atoms. The van der Waals surface area contributed by atoms with Gasteiger partial charge in [-0.05, 0) is 54.9 Å². The van der Waals surface area contributed by atoms with E-state index in [1.54, 1.807) is 7.11 Å². The van der Waals surface area contributed by atoms with Gasteiger partial charge in [0.15, 0.2) is 5.79 Å². The number of esters is 1. The quantitative estimate of drug-likeness (QED) is 0.755. The Morgan fingerprint density at radius 1 is 1.12 bits per heavy atom. The van der Waals surface area contributed by atoms with Gasteiger partial charge in [0.25, 0.3) is 0 Å². The van der Waals surface area contributed by atoms with E-state index in [0.717, 1.165) is 30.6 Å². The summed E-state index contributed by atoms with van der Waals surface area (Å²) in [6.45, 7) is 5.47. The molecule has 1 spiro atoms. The second kappa shape index (κ2) is 5.96. The third-order valence-corrected chi connectivity index (χ3v) is 7.06. The Balaban J connectivity index is 1.92. The van der Waals surface area contributed by atoms with Gasteiger partial charge in [-0.2, -0.15) is 0 Å². The molecule has 3 aliphatic rings. The molecule has 0 radical (unpaired) electrons. The molecule has 142 valence electrons. The number of benzene rings is 1. The molecule has 0 bridgehead atoms. The van der Waals surface area contributed by atoms with E-state index < -0.39 is 11.2 Å². The summed E-state index contributed by atoms with van der Waals surface area (Å²) in [5.41, 5.74) is 1.57. The number of carbonyl (C=O) groups is 1. The highest BCUT2D eigenvalue weighted by molar-refractivity contribution is 5.77. The fraction of sp³-hybridized carbons (Fsp3) is 0.667. The minimum absolute atomic E-state index is 0.0777. The van der Waals surface area contributed by atoms with E-state index in [1.807, 2.05) is 6.07 Å². The molecule has 5 nitrogen and oxygen atoms in total. The van der Waals surface area contributed by atoms with Crippen LogP contribution in [0, 0.1) is 11.3 Å². The van der Waals surface area contributed by atoms with Gasteiger partial charge in [-0.1, -0.05) is 13.3 Å². The molecule has 1 saturated heterocycles. The number of hydrogen-bond donors (Lipinski definition) is 0. The second-order valence-electron chi connectivity index (χ2n) is 8.30. The molecule has 2 fully saturated rings. The number of hydrogen-bond acceptors (Lipinski definition) is 5. The Bertz CT molecular complexity index is 723. The van der Waals surface area contributed by atoms with E-state index >= 15 is 0 Å². The molecule has 1 aliphatic heterocycles. The van der Waals surface area contributed by atoms with Crippen molar-refractivity contribution < 1.29 is 23.7 Å². The maximum Gasteiger partial charge on any atom is 0.311 e. The van der Waals surface area contributed by atoms with Crippen LogP contribution < -0.4 is 4.74 Å². The zero-order valence-corrected chi connectivity index (χ0v) is 16.1. The highest BCUT2D eigenvalue weighted by Crippen LogP contribution is 2.62. The lowest BCUT2D eigenvalue weighted by atomic mass is 9.49. The lowest BCUT2D eigenvalue weighted by molar-refractivity contribution is -0.210. The molecule has 1 heterocycles. The summed E-state index contributed by atoms with van der Waals surface area (Å²) >= 11 is 0. The van der Waals surface area contributed by atoms with Crippen LogP contribution in [0.15, 0.2) is 18.2 Å². The Morgan fingerprint density at radius 2 is 1.85 bits per heavy atom. The van der Waals surface area contributed by atoms with Gasteiger partial charge in [0.1, 0.15) is 5.75 Å². The van der Waals surface area contributed by atoms with Gasteiger partial charge in [-0.15, -0.1) is 0 Å². The predicted octanol–water partition coefficient (Wildman–Crippen LogP) is 3.54. The van der Waals surface area contributed by atoms with E-state index in [0.29, 0.717) is 19.6 Å². The van der Waals surface area contributed by atoms with Crippen LogP contribution in [0.4, 0.5) is 0 Å². The van der Waals surface area contributed by atoms with Crippen molar-refractivity contribution in [3.63, 3.8) is 0 Å². The number of fused-ring (bicyclic) bond motifs is 4. The van der Waals surface area contributed by atoms with E-state index in [2.05, 4.69) is 26.0 Å². The Hall–Kier alpha value is -1.59. The summed E-state index contributed by atoms with van der Waals surface area (Å²) in [6, 6.07) is 6.15. The third-order valence-electron chi connectivity index (χ3n) is 7.06. The number of methoxy groups -OCH3 is 2. The summed E-state index contributed by atoms with van der Waals surface area (Å²) in [7, 11) is 3.17. The summed E-state index contributed by atoms with van der Waals surface area (Å²) in [6.07, 6.45) is 3.52. The maximum atomic E-state index is 12.8. The van der Waals surface area contributed by atoms with Crippen molar-refractivity contribution in [2.24, 2.45) is 11.3 Å². The number of ether oxygens (including phenoxy) is 4. The lowest BCUT2D eigenvalue weighted by Gasteiger charge is -2.57. The van der Waals surface area contributed by atoms with Crippen molar-refractivity contribution in [2.45, 2.75) is 50.7 Å². The van der Waals surface area contributed by atoms with Crippen LogP contribution in [0.2, 0.25) is 0 Å². The maximum absolute atomic E-state index is 12.8. The van der Waals surface area contributed by atoms with Gasteiger partial charge >= 0.3 is 5.97 Å². The molecule has 0 N–H and O–H groups in total. The molecule has 5 heteroatoms. The average molecular weight is 360 g/mol.